The Kier molecular flexibility index (Phi) is 4.71. The topological polar surface area (TPSA) is 92.5 Å². The average molecular weight is 355 g/mol. The summed E-state index contributed by atoms with van der Waals surface area (Å²) in [6.07, 6.45) is -2.51. The molecule has 0 aliphatic carbocycles. The van der Waals surface area contributed by atoms with Crippen LogP contribution in [0.2, 0.25) is 0 Å². The summed E-state index contributed by atoms with van der Waals surface area (Å²) in [5, 5.41) is 12.5. The number of nitrogens with zero attached hydrogens (tertiary/aromatic N) is 3. The van der Waals surface area contributed by atoms with Crippen molar-refractivity contribution in [3.8, 4) is 0 Å². The number of rotatable bonds is 4. The van der Waals surface area contributed by atoms with Gasteiger partial charge in [-0.3, -0.25) is 9.48 Å². The van der Waals surface area contributed by atoms with Gasteiger partial charge in [0.25, 0.3) is 0 Å². The fraction of sp³-hybridized carbons (Fsp3) is 0.667. The highest BCUT2D eigenvalue weighted by Crippen LogP contribution is 2.27. The van der Waals surface area contributed by atoms with Crippen molar-refractivity contribution in [1.82, 2.24) is 14.1 Å². The molecule has 1 aromatic heterocycles. The molecule has 7 nitrogen and oxygen atoms in total. The zero-order chi connectivity index (χ0) is 17.4. The molecule has 0 radical (unpaired) electrons. The number of piperidine rings is 1. The summed E-state index contributed by atoms with van der Waals surface area (Å²) in [7, 11) is -4.08. The predicted octanol–water partition coefficient (Wildman–Crippen LogP) is 1.18. The molecule has 1 N–H and O–H groups in total. The first-order chi connectivity index (χ1) is 10.5. The minimum absolute atomic E-state index is 0.122. The Labute approximate surface area is 130 Å². The standard InChI is InChI=1S/C12H16F3N3O4S/c1-8-2-9(11(19)20)5-18(4-8)23(21,22)10-3-16-17(6-10)7-12(13,14)15/h3,6,8-9H,2,4-5,7H2,1H3,(H,19,20). The Balaban J connectivity index is 2.22. The lowest BCUT2D eigenvalue weighted by atomic mass is 9.92. The van der Waals surface area contributed by atoms with Crippen LogP contribution in [0.4, 0.5) is 13.2 Å². The molecule has 130 valence electrons. The monoisotopic (exact) mass is 355 g/mol. The molecule has 1 fully saturated rings. The van der Waals surface area contributed by atoms with Gasteiger partial charge in [0, 0.05) is 19.3 Å². The fourth-order valence-corrected chi connectivity index (χ4v) is 4.14. The average Bonchev–Trinajstić information content (AvgIpc) is 2.84. The van der Waals surface area contributed by atoms with Crippen molar-refractivity contribution in [2.24, 2.45) is 11.8 Å². The van der Waals surface area contributed by atoms with E-state index in [4.69, 9.17) is 5.11 Å². The number of carbonyl (C=O) groups is 1. The Morgan fingerprint density at radius 3 is 2.65 bits per heavy atom. The van der Waals surface area contributed by atoms with Gasteiger partial charge in [-0.05, 0) is 12.3 Å². The lowest BCUT2D eigenvalue weighted by Crippen LogP contribution is -2.45. The van der Waals surface area contributed by atoms with Crippen LogP contribution in [-0.2, 0) is 21.4 Å². The van der Waals surface area contributed by atoms with Crippen molar-refractivity contribution in [2.45, 2.75) is 31.0 Å². The highest BCUT2D eigenvalue weighted by molar-refractivity contribution is 7.89. The molecule has 0 spiro atoms. The molecular weight excluding hydrogens is 339 g/mol. The predicted molar refractivity (Wildman–Crippen MR) is 71.9 cm³/mol. The summed E-state index contributed by atoms with van der Waals surface area (Å²) >= 11 is 0. The third kappa shape index (κ3) is 4.22. The van der Waals surface area contributed by atoms with Crippen LogP contribution in [0, 0.1) is 11.8 Å². The number of carboxylic acid groups (broad SMARTS) is 1. The third-order valence-corrected chi connectivity index (χ3v) is 5.35. The Hall–Kier alpha value is -1.62. The first-order valence-corrected chi connectivity index (χ1v) is 8.25. The van der Waals surface area contributed by atoms with Gasteiger partial charge in [-0.2, -0.15) is 22.6 Å². The number of hydrogen-bond donors (Lipinski definition) is 1. The van der Waals surface area contributed by atoms with Crippen LogP contribution >= 0.6 is 0 Å². The number of aromatic nitrogens is 2. The molecule has 1 saturated heterocycles. The van der Waals surface area contributed by atoms with Gasteiger partial charge in [0.05, 0.1) is 12.1 Å². The van der Waals surface area contributed by atoms with Crippen LogP contribution in [-0.4, -0.2) is 52.8 Å². The van der Waals surface area contributed by atoms with Crippen LogP contribution in [0.5, 0.6) is 0 Å². The number of aliphatic carboxylic acids is 1. The number of halogens is 3. The first-order valence-electron chi connectivity index (χ1n) is 6.81. The van der Waals surface area contributed by atoms with E-state index in [0.29, 0.717) is 11.1 Å². The Morgan fingerprint density at radius 1 is 1.43 bits per heavy atom. The van der Waals surface area contributed by atoms with Crippen molar-refractivity contribution < 1.29 is 31.5 Å². The SMILES string of the molecule is CC1CC(C(=O)O)CN(S(=O)(=O)c2cnn(CC(F)(F)F)c2)C1. The number of hydrogen-bond acceptors (Lipinski definition) is 4. The van der Waals surface area contributed by atoms with Gasteiger partial charge in [0.1, 0.15) is 11.4 Å². The molecule has 0 aromatic carbocycles. The van der Waals surface area contributed by atoms with E-state index >= 15 is 0 Å². The summed E-state index contributed by atoms with van der Waals surface area (Å²) < 4.78 is 63.4. The lowest BCUT2D eigenvalue weighted by Gasteiger charge is -2.33. The zero-order valence-corrected chi connectivity index (χ0v) is 13.0. The molecule has 0 bridgehead atoms. The van der Waals surface area contributed by atoms with E-state index in [-0.39, 0.29) is 23.9 Å². The van der Waals surface area contributed by atoms with Crippen molar-refractivity contribution >= 4 is 16.0 Å². The first kappa shape index (κ1) is 17.7. The molecule has 0 saturated carbocycles. The summed E-state index contributed by atoms with van der Waals surface area (Å²) in [4.78, 5) is 10.7. The number of sulfonamides is 1. The van der Waals surface area contributed by atoms with E-state index in [1.807, 2.05) is 0 Å². The Bertz CT molecular complexity index is 686. The van der Waals surface area contributed by atoms with E-state index in [1.165, 1.54) is 0 Å². The van der Waals surface area contributed by atoms with Gasteiger partial charge >= 0.3 is 12.1 Å². The molecule has 1 aliphatic heterocycles. The van der Waals surface area contributed by atoms with Crippen LogP contribution in [0.1, 0.15) is 13.3 Å². The molecule has 1 aliphatic rings. The molecule has 11 heteroatoms. The van der Waals surface area contributed by atoms with E-state index < -0.39 is 34.6 Å². The van der Waals surface area contributed by atoms with Crippen LogP contribution in [0.15, 0.2) is 17.3 Å². The van der Waals surface area contributed by atoms with Crippen molar-refractivity contribution in [1.29, 1.82) is 0 Å². The molecule has 2 rings (SSSR count). The summed E-state index contributed by atoms with van der Waals surface area (Å²) in [6, 6.07) is 0. The summed E-state index contributed by atoms with van der Waals surface area (Å²) in [6.45, 7) is 0.254. The lowest BCUT2D eigenvalue weighted by molar-refractivity contribution is -0.144. The Morgan fingerprint density at radius 2 is 2.09 bits per heavy atom. The van der Waals surface area contributed by atoms with Gasteiger partial charge in [-0.25, -0.2) is 8.42 Å². The van der Waals surface area contributed by atoms with Gasteiger partial charge < -0.3 is 5.11 Å². The van der Waals surface area contributed by atoms with E-state index in [0.717, 1.165) is 16.7 Å². The number of carboxylic acids is 1. The number of alkyl halides is 3. The van der Waals surface area contributed by atoms with E-state index in [9.17, 15) is 26.4 Å². The fourth-order valence-electron chi connectivity index (χ4n) is 2.57. The smallest absolute Gasteiger partial charge is 0.408 e. The highest BCUT2D eigenvalue weighted by atomic mass is 32.2. The molecule has 23 heavy (non-hydrogen) atoms. The molecule has 1 aromatic rings. The van der Waals surface area contributed by atoms with Crippen molar-refractivity contribution in [2.75, 3.05) is 13.1 Å². The van der Waals surface area contributed by atoms with E-state index in [2.05, 4.69) is 5.10 Å². The van der Waals surface area contributed by atoms with Crippen molar-refractivity contribution in [3.63, 3.8) is 0 Å². The maximum atomic E-state index is 12.5. The quantitative estimate of drug-likeness (QED) is 0.875. The minimum Gasteiger partial charge on any atom is -0.481 e. The molecule has 2 atom stereocenters. The van der Waals surface area contributed by atoms with Gasteiger partial charge in [-0.15, -0.1) is 0 Å². The summed E-state index contributed by atoms with van der Waals surface area (Å²) in [5.41, 5.74) is 0. The highest BCUT2D eigenvalue weighted by Gasteiger charge is 2.37. The van der Waals surface area contributed by atoms with E-state index in [1.54, 1.807) is 6.92 Å². The zero-order valence-electron chi connectivity index (χ0n) is 12.2. The molecule has 2 heterocycles. The second-order valence-corrected chi connectivity index (χ2v) is 7.62. The maximum Gasteiger partial charge on any atom is 0.408 e. The van der Waals surface area contributed by atoms with Gasteiger partial charge in [0.15, 0.2) is 0 Å². The van der Waals surface area contributed by atoms with Gasteiger partial charge in [-0.1, -0.05) is 6.92 Å². The molecular formula is C12H16F3N3O4S. The molecule has 2 unspecified atom stereocenters. The van der Waals surface area contributed by atoms with Crippen LogP contribution < -0.4 is 0 Å². The van der Waals surface area contributed by atoms with Crippen LogP contribution in [0.3, 0.4) is 0 Å². The third-order valence-electron chi connectivity index (χ3n) is 3.56. The van der Waals surface area contributed by atoms with Gasteiger partial charge in [0.2, 0.25) is 10.0 Å². The second kappa shape index (κ2) is 6.11. The molecule has 0 amide bonds. The van der Waals surface area contributed by atoms with Crippen LogP contribution in [0.25, 0.3) is 0 Å². The minimum atomic E-state index is -4.51. The summed E-state index contributed by atoms with van der Waals surface area (Å²) in [5.74, 6) is -2.09. The largest absolute Gasteiger partial charge is 0.481 e. The maximum absolute atomic E-state index is 12.5. The van der Waals surface area contributed by atoms with Crippen molar-refractivity contribution in [3.05, 3.63) is 12.4 Å². The second-order valence-electron chi connectivity index (χ2n) is 5.69. The normalized spacial score (nSPS) is 23.8.